The first kappa shape index (κ1) is 16.1. The van der Waals surface area contributed by atoms with E-state index in [-0.39, 0.29) is 12.6 Å². The third-order valence-electron chi connectivity index (χ3n) is 5.35. The molecule has 0 aromatic heterocycles. The molecular formula is C16H28N2O3. The number of aliphatic carboxylic acids is 1. The molecule has 0 atom stereocenters. The zero-order chi connectivity index (χ0) is 15.5. The summed E-state index contributed by atoms with van der Waals surface area (Å²) in [6, 6.07) is -0.228. The van der Waals surface area contributed by atoms with Gasteiger partial charge in [0.15, 0.2) is 0 Å². The number of hydrogen-bond acceptors (Lipinski definition) is 2. The van der Waals surface area contributed by atoms with Crippen LogP contribution < -0.4 is 10.6 Å². The predicted molar refractivity (Wildman–Crippen MR) is 81.0 cm³/mol. The van der Waals surface area contributed by atoms with Gasteiger partial charge in [0.2, 0.25) is 0 Å². The highest BCUT2D eigenvalue weighted by Gasteiger charge is 2.41. The third-order valence-corrected chi connectivity index (χ3v) is 5.35. The Morgan fingerprint density at radius 1 is 1.10 bits per heavy atom. The van der Waals surface area contributed by atoms with E-state index in [0.717, 1.165) is 18.4 Å². The number of urea groups is 1. The molecule has 21 heavy (non-hydrogen) atoms. The van der Waals surface area contributed by atoms with Crippen molar-refractivity contribution in [3.63, 3.8) is 0 Å². The molecule has 0 unspecified atom stereocenters. The largest absolute Gasteiger partial charge is 0.481 e. The lowest BCUT2D eigenvalue weighted by atomic mass is 9.82. The van der Waals surface area contributed by atoms with E-state index in [1.54, 1.807) is 0 Å². The van der Waals surface area contributed by atoms with Crippen molar-refractivity contribution in [2.45, 2.75) is 52.4 Å². The van der Waals surface area contributed by atoms with Crippen LogP contribution in [-0.4, -0.2) is 30.2 Å². The molecule has 0 spiro atoms. The molecule has 120 valence electrons. The van der Waals surface area contributed by atoms with Crippen molar-refractivity contribution >= 4 is 12.0 Å². The Bertz CT molecular complexity index is 373. The molecule has 0 heterocycles. The average molecular weight is 296 g/mol. The first-order chi connectivity index (χ1) is 10.0. The van der Waals surface area contributed by atoms with E-state index in [1.807, 2.05) is 13.8 Å². The van der Waals surface area contributed by atoms with E-state index in [0.29, 0.717) is 18.8 Å². The van der Waals surface area contributed by atoms with Crippen molar-refractivity contribution in [3.8, 4) is 0 Å². The quantitative estimate of drug-likeness (QED) is 0.612. The van der Waals surface area contributed by atoms with Gasteiger partial charge in [0.05, 0.1) is 5.41 Å². The predicted octanol–water partition coefficient (Wildman–Crippen LogP) is 2.61. The van der Waals surface area contributed by atoms with Crippen molar-refractivity contribution in [1.82, 2.24) is 10.6 Å². The minimum Gasteiger partial charge on any atom is -0.481 e. The van der Waals surface area contributed by atoms with Gasteiger partial charge in [-0.25, -0.2) is 4.79 Å². The van der Waals surface area contributed by atoms with Crippen LogP contribution in [-0.2, 0) is 4.79 Å². The second kappa shape index (κ2) is 6.67. The van der Waals surface area contributed by atoms with E-state index in [9.17, 15) is 14.7 Å². The van der Waals surface area contributed by atoms with Crippen LogP contribution >= 0.6 is 0 Å². The van der Waals surface area contributed by atoms with Crippen LogP contribution in [0.5, 0.6) is 0 Å². The van der Waals surface area contributed by atoms with Crippen molar-refractivity contribution in [1.29, 1.82) is 0 Å². The van der Waals surface area contributed by atoms with Gasteiger partial charge in [-0.2, -0.15) is 0 Å². The van der Waals surface area contributed by atoms with E-state index in [1.165, 1.54) is 25.7 Å². The molecule has 5 heteroatoms. The molecule has 2 amide bonds. The van der Waals surface area contributed by atoms with Gasteiger partial charge in [-0.3, -0.25) is 4.79 Å². The fourth-order valence-corrected chi connectivity index (χ4v) is 3.17. The first-order valence-electron chi connectivity index (χ1n) is 8.27. The van der Waals surface area contributed by atoms with Crippen LogP contribution in [0.4, 0.5) is 4.79 Å². The Labute approximate surface area is 126 Å². The first-order valence-corrected chi connectivity index (χ1v) is 8.27. The van der Waals surface area contributed by atoms with Crippen LogP contribution in [0.1, 0.15) is 52.4 Å². The molecule has 0 bridgehead atoms. The molecule has 2 saturated carbocycles. The van der Waals surface area contributed by atoms with E-state index in [2.05, 4.69) is 10.6 Å². The number of hydrogen-bond donors (Lipinski definition) is 3. The monoisotopic (exact) mass is 296 g/mol. The summed E-state index contributed by atoms with van der Waals surface area (Å²) in [5.41, 5.74) is -0.844. The van der Waals surface area contributed by atoms with Gasteiger partial charge in [0.25, 0.3) is 0 Å². The summed E-state index contributed by atoms with van der Waals surface area (Å²) < 4.78 is 0. The minimum atomic E-state index is -0.844. The highest BCUT2D eigenvalue weighted by atomic mass is 16.4. The summed E-state index contributed by atoms with van der Waals surface area (Å²) in [7, 11) is 0. The van der Waals surface area contributed by atoms with Crippen molar-refractivity contribution in [3.05, 3.63) is 0 Å². The molecule has 0 saturated heterocycles. The molecule has 5 nitrogen and oxygen atoms in total. The maximum atomic E-state index is 11.9. The zero-order valence-electron chi connectivity index (χ0n) is 13.2. The van der Waals surface area contributed by atoms with Crippen molar-refractivity contribution < 1.29 is 14.7 Å². The van der Waals surface area contributed by atoms with Crippen LogP contribution in [0.2, 0.25) is 0 Å². The second-order valence-corrected chi connectivity index (χ2v) is 6.69. The van der Waals surface area contributed by atoms with Gasteiger partial charge in [0, 0.05) is 13.1 Å². The molecule has 2 aliphatic rings. The normalized spacial score (nSPS) is 18.6. The average Bonchev–Trinajstić information content (AvgIpc) is 3.34. The lowest BCUT2D eigenvalue weighted by Gasteiger charge is -2.27. The number of rotatable bonds is 9. The number of carboxylic acids is 1. The number of nitrogens with one attached hydrogen (secondary N) is 2. The van der Waals surface area contributed by atoms with Gasteiger partial charge in [-0.1, -0.05) is 13.8 Å². The van der Waals surface area contributed by atoms with Gasteiger partial charge in [0.1, 0.15) is 0 Å². The summed E-state index contributed by atoms with van der Waals surface area (Å²) >= 11 is 0. The molecule has 2 rings (SSSR count). The van der Waals surface area contributed by atoms with Gasteiger partial charge in [-0.05, 0) is 56.3 Å². The van der Waals surface area contributed by atoms with Crippen LogP contribution in [0.25, 0.3) is 0 Å². The Morgan fingerprint density at radius 3 is 2.00 bits per heavy atom. The highest BCUT2D eigenvalue weighted by Crippen LogP contribution is 2.48. The van der Waals surface area contributed by atoms with E-state index < -0.39 is 11.4 Å². The summed E-state index contributed by atoms with van der Waals surface area (Å²) in [6.45, 7) is 4.64. The Morgan fingerprint density at radius 2 is 1.62 bits per heavy atom. The standard InChI is InChI=1S/C16H28N2O3/c1-3-16(4-2,14(19)20)10-18-15(21)17-9-13(11-5-6-11)12-7-8-12/h11-13H,3-10H2,1-2H3,(H,19,20)(H2,17,18,21). The lowest BCUT2D eigenvalue weighted by molar-refractivity contribution is -0.149. The Hall–Kier alpha value is -1.26. The highest BCUT2D eigenvalue weighted by molar-refractivity contribution is 5.78. The number of carboxylic acid groups (broad SMARTS) is 1. The van der Waals surface area contributed by atoms with E-state index >= 15 is 0 Å². The zero-order valence-corrected chi connectivity index (χ0v) is 13.2. The smallest absolute Gasteiger partial charge is 0.314 e. The number of amides is 2. The van der Waals surface area contributed by atoms with Crippen LogP contribution in [0.15, 0.2) is 0 Å². The molecule has 0 radical (unpaired) electrons. The molecule has 0 aliphatic heterocycles. The molecule has 0 aromatic carbocycles. The summed E-state index contributed by atoms with van der Waals surface area (Å²) in [4.78, 5) is 23.3. The Balaban J connectivity index is 1.74. The fourth-order valence-electron chi connectivity index (χ4n) is 3.17. The molecule has 2 aliphatic carbocycles. The maximum absolute atomic E-state index is 11.9. The SMILES string of the molecule is CCC(CC)(CNC(=O)NCC(C1CC1)C1CC1)C(=O)O. The van der Waals surface area contributed by atoms with E-state index in [4.69, 9.17) is 0 Å². The third kappa shape index (κ3) is 4.11. The second-order valence-electron chi connectivity index (χ2n) is 6.69. The molecule has 2 fully saturated rings. The fraction of sp³-hybridized carbons (Fsp3) is 0.875. The topological polar surface area (TPSA) is 78.4 Å². The lowest BCUT2D eigenvalue weighted by Crippen LogP contribution is -2.46. The summed E-state index contributed by atoms with van der Waals surface area (Å²) in [6.07, 6.45) is 6.25. The molecule has 3 N–H and O–H groups in total. The van der Waals surface area contributed by atoms with Gasteiger partial charge >= 0.3 is 12.0 Å². The molecular weight excluding hydrogens is 268 g/mol. The van der Waals surface area contributed by atoms with Crippen molar-refractivity contribution in [2.24, 2.45) is 23.2 Å². The van der Waals surface area contributed by atoms with Crippen LogP contribution in [0.3, 0.4) is 0 Å². The number of carbonyl (C=O) groups is 2. The van der Waals surface area contributed by atoms with Crippen LogP contribution in [0, 0.1) is 23.2 Å². The molecule has 0 aromatic rings. The Kier molecular flexibility index (Phi) is 5.12. The van der Waals surface area contributed by atoms with Crippen molar-refractivity contribution in [2.75, 3.05) is 13.1 Å². The minimum absolute atomic E-state index is 0.193. The number of carbonyl (C=O) groups excluding carboxylic acids is 1. The van der Waals surface area contributed by atoms with Gasteiger partial charge in [-0.15, -0.1) is 0 Å². The van der Waals surface area contributed by atoms with Gasteiger partial charge < -0.3 is 15.7 Å². The summed E-state index contributed by atoms with van der Waals surface area (Å²) in [5, 5.41) is 15.0. The maximum Gasteiger partial charge on any atom is 0.314 e. The summed E-state index contributed by atoms with van der Waals surface area (Å²) in [5.74, 6) is 1.42.